The Balaban J connectivity index is 1.12. The number of carbonyl (C=O) groups excluding carboxylic acids is 2. The van der Waals surface area contributed by atoms with Crippen molar-refractivity contribution in [1.82, 2.24) is 20.2 Å². The van der Waals surface area contributed by atoms with Gasteiger partial charge in [-0.25, -0.2) is 9.78 Å². The molecule has 1 aromatic carbocycles. The highest BCUT2D eigenvalue weighted by Crippen LogP contribution is 2.55. The molecule has 2 N–H and O–H groups in total. The number of hydrogen-bond donors (Lipinski definition) is 2. The SMILES string of the molecule is O=C(CSc1nc2ccccc2c(=O)n1C[C@H]1CCCO1)NC(=O)NC12CC3CC(CC(C3)C1)C2. The number of fused-ring (bicyclic) bond motifs is 1. The molecule has 7 rings (SSSR count). The van der Waals surface area contributed by atoms with Gasteiger partial charge in [0.2, 0.25) is 5.91 Å². The molecule has 4 aliphatic carbocycles. The van der Waals surface area contributed by atoms with E-state index in [4.69, 9.17) is 4.74 Å². The van der Waals surface area contributed by atoms with E-state index >= 15 is 0 Å². The first-order valence-electron chi connectivity index (χ1n) is 12.8. The second-order valence-corrected chi connectivity index (χ2v) is 11.9. The summed E-state index contributed by atoms with van der Waals surface area (Å²) in [6, 6.07) is 6.84. The summed E-state index contributed by atoms with van der Waals surface area (Å²) in [5.41, 5.74) is 0.325. The third-order valence-electron chi connectivity index (χ3n) is 8.24. The summed E-state index contributed by atoms with van der Waals surface area (Å²) in [4.78, 5) is 43.3. The van der Waals surface area contributed by atoms with Crippen molar-refractivity contribution >= 4 is 34.6 Å². The van der Waals surface area contributed by atoms with Crippen LogP contribution in [0.5, 0.6) is 0 Å². The van der Waals surface area contributed by atoms with Gasteiger partial charge in [-0.2, -0.15) is 0 Å². The first-order chi connectivity index (χ1) is 17.0. The molecule has 2 heterocycles. The number of urea groups is 1. The van der Waals surface area contributed by atoms with Crippen LogP contribution in [0.3, 0.4) is 0 Å². The van der Waals surface area contributed by atoms with Crippen LogP contribution in [0.25, 0.3) is 10.9 Å². The van der Waals surface area contributed by atoms with E-state index in [1.807, 2.05) is 12.1 Å². The van der Waals surface area contributed by atoms with Crippen molar-refractivity contribution in [1.29, 1.82) is 0 Å². The van der Waals surface area contributed by atoms with Gasteiger partial charge in [-0.15, -0.1) is 0 Å². The molecular weight excluding hydrogens is 464 g/mol. The van der Waals surface area contributed by atoms with Gasteiger partial charge >= 0.3 is 6.03 Å². The van der Waals surface area contributed by atoms with Gasteiger partial charge in [0.05, 0.1) is 29.3 Å². The Labute approximate surface area is 208 Å². The topological polar surface area (TPSA) is 102 Å². The molecule has 0 spiro atoms. The monoisotopic (exact) mass is 496 g/mol. The largest absolute Gasteiger partial charge is 0.376 e. The van der Waals surface area contributed by atoms with E-state index in [0.29, 0.717) is 47.0 Å². The number of amides is 3. The number of thioether (sulfide) groups is 1. The lowest BCUT2D eigenvalue weighted by atomic mass is 9.53. The van der Waals surface area contributed by atoms with Crippen molar-refractivity contribution in [3.05, 3.63) is 34.6 Å². The Morgan fingerprint density at radius 1 is 1.11 bits per heavy atom. The molecule has 9 heteroatoms. The zero-order valence-electron chi connectivity index (χ0n) is 19.8. The molecule has 5 aliphatic rings. The van der Waals surface area contributed by atoms with E-state index in [2.05, 4.69) is 15.6 Å². The molecule has 3 amide bonds. The average Bonchev–Trinajstić information content (AvgIpc) is 3.32. The highest BCUT2D eigenvalue weighted by molar-refractivity contribution is 7.99. The molecule has 2 aromatic rings. The minimum Gasteiger partial charge on any atom is -0.376 e. The molecule has 0 radical (unpaired) electrons. The van der Waals surface area contributed by atoms with E-state index in [9.17, 15) is 14.4 Å². The number of hydrogen-bond acceptors (Lipinski definition) is 6. The number of rotatable bonds is 6. The summed E-state index contributed by atoms with van der Waals surface area (Å²) in [7, 11) is 0. The van der Waals surface area contributed by atoms with Crippen LogP contribution in [0.4, 0.5) is 4.79 Å². The van der Waals surface area contributed by atoms with Crippen LogP contribution in [-0.2, 0) is 16.1 Å². The number of nitrogens with zero attached hydrogens (tertiary/aromatic N) is 2. The number of para-hydroxylation sites is 1. The standard InChI is InChI=1S/C26H32N4O4S/c31-22(28-24(33)29-26-11-16-8-17(12-26)10-18(9-16)13-26)15-35-25-27-21-6-2-1-5-20(21)23(32)30(25)14-19-4-3-7-34-19/h1-2,5-6,16-19H,3-4,7-15H2,(H2,28,29,31,33)/t16?,17?,18?,19-,26?/m1/s1. The minimum atomic E-state index is -0.402. The zero-order valence-corrected chi connectivity index (χ0v) is 20.6. The Kier molecular flexibility index (Phi) is 6.08. The smallest absolute Gasteiger partial charge is 0.321 e. The molecule has 8 nitrogen and oxygen atoms in total. The van der Waals surface area contributed by atoms with Gasteiger partial charge in [0.15, 0.2) is 5.16 Å². The van der Waals surface area contributed by atoms with Gasteiger partial charge in [-0.3, -0.25) is 19.5 Å². The van der Waals surface area contributed by atoms with Crippen molar-refractivity contribution in [3.63, 3.8) is 0 Å². The summed E-state index contributed by atoms with van der Waals surface area (Å²) >= 11 is 1.18. The van der Waals surface area contributed by atoms with Crippen LogP contribution in [-0.4, -0.2) is 45.5 Å². The van der Waals surface area contributed by atoms with E-state index in [-0.39, 0.29) is 28.9 Å². The molecule has 5 fully saturated rings. The fraction of sp³-hybridized carbons (Fsp3) is 0.615. The molecule has 1 aliphatic heterocycles. The molecule has 186 valence electrons. The van der Waals surface area contributed by atoms with Gasteiger partial charge in [-0.05, 0) is 81.3 Å². The number of imide groups is 1. The first-order valence-corrected chi connectivity index (χ1v) is 13.8. The number of aromatic nitrogens is 2. The summed E-state index contributed by atoms with van der Waals surface area (Å²) in [5, 5.41) is 6.72. The van der Waals surface area contributed by atoms with Gasteiger partial charge in [0.25, 0.3) is 5.56 Å². The molecule has 0 unspecified atom stereocenters. The van der Waals surface area contributed by atoms with Crippen LogP contribution in [0.15, 0.2) is 34.2 Å². The van der Waals surface area contributed by atoms with Crippen molar-refractivity contribution in [3.8, 4) is 0 Å². The fourth-order valence-electron chi connectivity index (χ4n) is 7.24. The van der Waals surface area contributed by atoms with Crippen molar-refractivity contribution in [2.45, 2.75) is 74.7 Å². The van der Waals surface area contributed by atoms with Crippen LogP contribution in [0, 0.1) is 17.8 Å². The third kappa shape index (κ3) is 4.72. The molecular formula is C26H32N4O4S. The number of nitrogens with one attached hydrogen (secondary N) is 2. The first kappa shape index (κ1) is 23.0. The number of carbonyl (C=O) groups is 2. The highest BCUT2D eigenvalue weighted by atomic mass is 32.2. The van der Waals surface area contributed by atoms with Crippen molar-refractivity contribution < 1.29 is 14.3 Å². The Hall–Kier alpha value is -2.39. The van der Waals surface area contributed by atoms with E-state index in [1.165, 1.54) is 31.0 Å². The van der Waals surface area contributed by atoms with Crippen LogP contribution < -0.4 is 16.2 Å². The maximum absolute atomic E-state index is 13.2. The van der Waals surface area contributed by atoms with Gasteiger partial charge in [0, 0.05) is 12.1 Å². The summed E-state index contributed by atoms with van der Waals surface area (Å²) in [6.07, 6.45) is 8.83. The normalized spacial score (nSPS) is 31.1. The predicted molar refractivity (Wildman–Crippen MR) is 133 cm³/mol. The second-order valence-electron chi connectivity index (χ2n) is 11.0. The maximum atomic E-state index is 13.2. The molecule has 1 aromatic heterocycles. The summed E-state index contributed by atoms with van der Waals surface area (Å²) < 4.78 is 7.36. The molecule has 4 saturated carbocycles. The quantitative estimate of drug-likeness (QED) is 0.469. The van der Waals surface area contributed by atoms with Gasteiger partial charge in [-0.1, -0.05) is 23.9 Å². The van der Waals surface area contributed by atoms with Crippen molar-refractivity contribution in [2.75, 3.05) is 12.4 Å². The lowest BCUT2D eigenvalue weighted by molar-refractivity contribution is -0.117. The predicted octanol–water partition coefficient (Wildman–Crippen LogP) is 3.46. The average molecular weight is 497 g/mol. The summed E-state index contributed by atoms with van der Waals surface area (Å²) in [6.45, 7) is 1.11. The zero-order chi connectivity index (χ0) is 24.0. The van der Waals surface area contributed by atoms with E-state index in [0.717, 1.165) is 32.1 Å². The van der Waals surface area contributed by atoms with Gasteiger partial charge in [0.1, 0.15) is 0 Å². The minimum absolute atomic E-state index is 0.00456. The Morgan fingerprint density at radius 2 is 1.83 bits per heavy atom. The van der Waals surface area contributed by atoms with E-state index < -0.39 is 6.03 Å². The number of benzene rings is 1. The Bertz CT molecular complexity index is 1170. The fourth-order valence-corrected chi connectivity index (χ4v) is 8.05. The maximum Gasteiger partial charge on any atom is 0.321 e. The van der Waals surface area contributed by atoms with Crippen LogP contribution >= 0.6 is 11.8 Å². The third-order valence-corrected chi connectivity index (χ3v) is 9.22. The molecule has 35 heavy (non-hydrogen) atoms. The summed E-state index contributed by atoms with van der Waals surface area (Å²) in [5.74, 6) is 1.76. The second kappa shape index (κ2) is 9.24. The van der Waals surface area contributed by atoms with Crippen LogP contribution in [0.1, 0.15) is 51.4 Å². The van der Waals surface area contributed by atoms with Gasteiger partial charge < -0.3 is 10.1 Å². The van der Waals surface area contributed by atoms with Crippen LogP contribution in [0.2, 0.25) is 0 Å². The molecule has 4 bridgehead atoms. The molecule has 1 atom stereocenters. The van der Waals surface area contributed by atoms with Crippen molar-refractivity contribution in [2.24, 2.45) is 17.8 Å². The highest BCUT2D eigenvalue weighted by Gasteiger charge is 2.51. The number of ether oxygens (including phenoxy) is 1. The van der Waals surface area contributed by atoms with E-state index in [1.54, 1.807) is 16.7 Å². The lowest BCUT2D eigenvalue weighted by Gasteiger charge is -2.56. The Morgan fingerprint density at radius 3 is 2.51 bits per heavy atom. The lowest BCUT2D eigenvalue weighted by Crippen LogP contribution is -2.61. The molecule has 1 saturated heterocycles.